The van der Waals surface area contributed by atoms with Crippen molar-refractivity contribution in [1.29, 1.82) is 0 Å². The minimum Gasteiger partial charge on any atom is -0.493 e. The number of hydrogen-bond donors (Lipinski definition) is 2. The smallest absolute Gasteiger partial charge is 0.244 e. The van der Waals surface area contributed by atoms with E-state index in [1.54, 1.807) is 25.3 Å². The van der Waals surface area contributed by atoms with E-state index in [-0.39, 0.29) is 5.91 Å². The molecule has 1 rings (SSSR count). The Morgan fingerprint density at radius 2 is 2.14 bits per heavy atom. The molecule has 1 aromatic rings. The van der Waals surface area contributed by atoms with Gasteiger partial charge in [-0.1, -0.05) is 18.7 Å². The number of methoxy groups -OCH3 is 1. The third-order valence-corrected chi connectivity index (χ3v) is 2.74. The van der Waals surface area contributed by atoms with Gasteiger partial charge in [0.25, 0.3) is 0 Å². The van der Waals surface area contributed by atoms with Crippen molar-refractivity contribution in [3.05, 3.63) is 42.5 Å². The Morgan fingerprint density at radius 3 is 2.77 bits per heavy atom. The second-order valence-corrected chi connectivity index (χ2v) is 4.92. The molecule has 0 saturated carbocycles. The Labute approximate surface area is 132 Å². The van der Waals surface area contributed by atoms with E-state index in [0.717, 1.165) is 5.56 Å². The van der Waals surface area contributed by atoms with E-state index < -0.39 is 0 Å². The summed E-state index contributed by atoms with van der Waals surface area (Å²) in [5, 5.41) is 5.86. The minimum absolute atomic E-state index is 0.154. The number of carbonyl (C=O) groups excluding carboxylic acids is 1. The van der Waals surface area contributed by atoms with Gasteiger partial charge in [-0.25, -0.2) is 0 Å². The van der Waals surface area contributed by atoms with Gasteiger partial charge < -0.3 is 14.8 Å². The van der Waals surface area contributed by atoms with E-state index in [2.05, 4.69) is 17.2 Å². The van der Waals surface area contributed by atoms with E-state index in [9.17, 15) is 4.79 Å². The van der Waals surface area contributed by atoms with Crippen LogP contribution >= 0.6 is 0 Å². The fourth-order valence-corrected chi connectivity index (χ4v) is 1.63. The molecule has 5 nitrogen and oxygen atoms in total. The maximum atomic E-state index is 11.7. The van der Waals surface area contributed by atoms with E-state index >= 15 is 0 Å². The van der Waals surface area contributed by atoms with E-state index in [1.807, 2.05) is 26.0 Å². The van der Waals surface area contributed by atoms with Crippen molar-refractivity contribution in [3.8, 4) is 11.5 Å². The lowest BCUT2D eigenvalue weighted by molar-refractivity contribution is -0.116. The van der Waals surface area contributed by atoms with Gasteiger partial charge in [-0.3, -0.25) is 10.1 Å². The molecular formula is C17H24N2O3. The van der Waals surface area contributed by atoms with Crippen LogP contribution in [-0.2, 0) is 4.79 Å². The van der Waals surface area contributed by atoms with Gasteiger partial charge in [0.05, 0.1) is 13.8 Å². The van der Waals surface area contributed by atoms with Gasteiger partial charge in [-0.2, -0.15) is 0 Å². The minimum atomic E-state index is -0.154. The lowest BCUT2D eigenvalue weighted by Gasteiger charge is -2.10. The molecule has 5 heteroatoms. The van der Waals surface area contributed by atoms with Crippen molar-refractivity contribution >= 4 is 12.0 Å². The third-order valence-electron chi connectivity index (χ3n) is 2.74. The highest BCUT2D eigenvalue weighted by atomic mass is 16.5. The van der Waals surface area contributed by atoms with E-state index in [1.165, 1.54) is 6.08 Å². The Kier molecular flexibility index (Phi) is 7.78. The molecule has 120 valence electrons. The molecule has 0 aliphatic heterocycles. The summed E-state index contributed by atoms with van der Waals surface area (Å²) in [5.74, 6) is 1.11. The fraction of sp³-hybridized carbons (Fsp3) is 0.353. The average molecular weight is 304 g/mol. The average Bonchev–Trinajstić information content (AvgIpc) is 2.50. The summed E-state index contributed by atoms with van der Waals surface area (Å²) in [4.78, 5) is 11.7. The van der Waals surface area contributed by atoms with Crippen LogP contribution in [0.2, 0.25) is 0 Å². The zero-order valence-corrected chi connectivity index (χ0v) is 13.4. The van der Waals surface area contributed by atoms with Crippen LogP contribution in [0.25, 0.3) is 6.08 Å². The number of ether oxygens (including phenoxy) is 2. The number of benzene rings is 1. The number of rotatable bonds is 9. The molecule has 0 spiro atoms. The van der Waals surface area contributed by atoms with Crippen LogP contribution in [0.5, 0.6) is 11.5 Å². The maximum absolute atomic E-state index is 11.7. The molecule has 2 N–H and O–H groups in total. The van der Waals surface area contributed by atoms with Crippen LogP contribution in [0, 0.1) is 0 Å². The van der Waals surface area contributed by atoms with E-state index in [0.29, 0.717) is 30.8 Å². The lowest BCUT2D eigenvalue weighted by atomic mass is 10.2. The largest absolute Gasteiger partial charge is 0.493 e. The number of hydrogen-bond acceptors (Lipinski definition) is 4. The maximum Gasteiger partial charge on any atom is 0.244 e. The first-order valence-electron chi connectivity index (χ1n) is 7.17. The molecule has 0 aromatic heterocycles. The van der Waals surface area contributed by atoms with Crippen molar-refractivity contribution in [2.24, 2.45) is 0 Å². The first kappa shape index (κ1) is 17.8. The lowest BCUT2D eigenvalue weighted by Crippen LogP contribution is -2.36. The van der Waals surface area contributed by atoms with Crippen LogP contribution in [0.15, 0.2) is 36.9 Å². The van der Waals surface area contributed by atoms with Crippen LogP contribution in [-0.4, -0.2) is 32.3 Å². The second kappa shape index (κ2) is 9.63. The predicted molar refractivity (Wildman–Crippen MR) is 89.0 cm³/mol. The molecule has 0 saturated heterocycles. The standard InChI is InChI=1S/C17H24N2O3/c1-5-10-22-15-8-6-14(11-16(15)21-4)7-9-17(20)19-12-18-13(2)3/h5-9,11,13,18H,1,10,12H2,2-4H3,(H,19,20)/b9-7+. The predicted octanol–water partition coefficient (Wildman–Crippen LogP) is 2.34. The summed E-state index contributed by atoms with van der Waals surface area (Å²) < 4.78 is 10.8. The monoisotopic (exact) mass is 304 g/mol. The topological polar surface area (TPSA) is 59.6 Å². The van der Waals surface area contributed by atoms with Crippen molar-refractivity contribution in [1.82, 2.24) is 10.6 Å². The molecule has 0 radical (unpaired) electrons. The number of nitrogens with one attached hydrogen (secondary N) is 2. The highest BCUT2D eigenvalue weighted by Crippen LogP contribution is 2.28. The molecule has 1 amide bonds. The summed E-state index contributed by atoms with van der Waals surface area (Å²) in [6.07, 6.45) is 4.88. The molecule has 0 heterocycles. The van der Waals surface area contributed by atoms with Gasteiger partial charge in [0, 0.05) is 12.1 Å². The summed E-state index contributed by atoms with van der Waals surface area (Å²) >= 11 is 0. The number of amides is 1. The molecule has 0 atom stereocenters. The Balaban J connectivity index is 2.63. The Hall–Kier alpha value is -2.27. The van der Waals surface area contributed by atoms with Crippen LogP contribution < -0.4 is 20.1 Å². The molecule has 22 heavy (non-hydrogen) atoms. The van der Waals surface area contributed by atoms with E-state index in [4.69, 9.17) is 9.47 Å². The summed E-state index contributed by atoms with van der Waals surface area (Å²) in [7, 11) is 1.58. The SMILES string of the molecule is C=CCOc1ccc(/C=C/C(=O)NCNC(C)C)cc1OC. The van der Waals surface area contributed by atoms with Crippen molar-refractivity contribution < 1.29 is 14.3 Å². The first-order chi connectivity index (χ1) is 10.6. The van der Waals surface area contributed by atoms with Crippen molar-refractivity contribution in [2.75, 3.05) is 20.4 Å². The van der Waals surface area contributed by atoms with Crippen molar-refractivity contribution in [3.63, 3.8) is 0 Å². The van der Waals surface area contributed by atoms with Crippen LogP contribution in [0.1, 0.15) is 19.4 Å². The molecule has 0 fully saturated rings. The summed E-state index contributed by atoms with van der Waals surface area (Å²) in [6.45, 7) is 8.50. The molecule has 0 unspecified atom stereocenters. The van der Waals surface area contributed by atoms with Crippen LogP contribution in [0.3, 0.4) is 0 Å². The highest BCUT2D eigenvalue weighted by molar-refractivity contribution is 5.91. The van der Waals surface area contributed by atoms with Gasteiger partial charge in [0.2, 0.25) is 5.91 Å². The summed E-state index contributed by atoms with van der Waals surface area (Å²) in [5.41, 5.74) is 0.856. The van der Waals surface area contributed by atoms with Gasteiger partial charge in [-0.15, -0.1) is 0 Å². The third kappa shape index (κ3) is 6.45. The zero-order chi connectivity index (χ0) is 16.4. The molecule has 0 aliphatic carbocycles. The quantitative estimate of drug-likeness (QED) is 0.418. The van der Waals surface area contributed by atoms with Gasteiger partial charge >= 0.3 is 0 Å². The van der Waals surface area contributed by atoms with Crippen LogP contribution in [0.4, 0.5) is 0 Å². The van der Waals surface area contributed by atoms with Gasteiger partial charge in [0.1, 0.15) is 6.61 Å². The Morgan fingerprint density at radius 1 is 1.36 bits per heavy atom. The molecule has 0 bridgehead atoms. The van der Waals surface area contributed by atoms with Crippen molar-refractivity contribution in [2.45, 2.75) is 19.9 Å². The number of carbonyl (C=O) groups is 1. The fourth-order valence-electron chi connectivity index (χ4n) is 1.63. The molecule has 0 aliphatic rings. The highest BCUT2D eigenvalue weighted by Gasteiger charge is 2.04. The normalized spacial score (nSPS) is 10.7. The Bertz CT molecular complexity index is 525. The summed E-state index contributed by atoms with van der Waals surface area (Å²) in [6, 6.07) is 5.81. The zero-order valence-electron chi connectivity index (χ0n) is 13.4. The first-order valence-corrected chi connectivity index (χ1v) is 7.17. The van der Waals surface area contributed by atoms with Gasteiger partial charge in [-0.05, 0) is 37.6 Å². The second-order valence-electron chi connectivity index (χ2n) is 4.92. The van der Waals surface area contributed by atoms with Gasteiger partial charge in [0.15, 0.2) is 11.5 Å². The molecule has 1 aromatic carbocycles. The molecular weight excluding hydrogens is 280 g/mol.